The fourth-order valence-electron chi connectivity index (χ4n) is 1.60. The lowest BCUT2D eigenvalue weighted by molar-refractivity contribution is 0.429. The van der Waals surface area contributed by atoms with Crippen LogP contribution >= 0.6 is 0 Å². The van der Waals surface area contributed by atoms with E-state index in [4.69, 9.17) is 0 Å². The van der Waals surface area contributed by atoms with Gasteiger partial charge in [0.1, 0.15) is 5.82 Å². The first kappa shape index (κ1) is 12.5. The van der Waals surface area contributed by atoms with E-state index in [1.54, 1.807) is 6.92 Å². The van der Waals surface area contributed by atoms with Crippen LogP contribution in [-0.4, -0.2) is 55.7 Å². The summed E-state index contributed by atoms with van der Waals surface area (Å²) >= 11 is 0. The van der Waals surface area contributed by atoms with Gasteiger partial charge in [-0.15, -0.1) is 0 Å². The van der Waals surface area contributed by atoms with Gasteiger partial charge in [-0.3, -0.25) is 0 Å². The van der Waals surface area contributed by atoms with Crippen LogP contribution in [0, 0.1) is 6.92 Å². The number of nitrogens with zero attached hydrogens (tertiary/aromatic N) is 2. The summed E-state index contributed by atoms with van der Waals surface area (Å²) in [4.78, 5) is 6.47. The van der Waals surface area contributed by atoms with E-state index in [1.165, 1.54) is 10.5 Å². The fraction of sp³-hybridized carbons (Fsp3) is 0.625. The summed E-state index contributed by atoms with van der Waals surface area (Å²) in [6, 6.07) is 0. The lowest BCUT2D eigenvalue weighted by Gasteiger charge is -2.25. The topological polar surface area (TPSA) is 100 Å². The SMILES string of the molecule is Cc1ncc(S(=O)(=O)N2CCS(=O)(=O)CC2)[nH]1. The van der Waals surface area contributed by atoms with Gasteiger partial charge in [-0.25, -0.2) is 21.8 Å². The Morgan fingerprint density at radius 2 is 1.94 bits per heavy atom. The van der Waals surface area contributed by atoms with Crippen molar-refractivity contribution in [2.45, 2.75) is 11.9 Å². The second-order valence-electron chi connectivity index (χ2n) is 3.89. The van der Waals surface area contributed by atoms with Gasteiger partial charge in [0.15, 0.2) is 14.9 Å². The van der Waals surface area contributed by atoms with Gasteiger partial charge in [-0.2, -0.15) is 4.31 Å². The molecule has 1 aromatic rings. The lowest BCUT2D eigenvalue weighted by Crippen LogP contribution is -2.43. The maximum Gasteiger partial charge on any atom is 0.260 e. The largest absolute Gasteiger partial charge is 0.332 e. The van der Waals surface area contributed by atoms with Crippen molar-refractivity contribution >= 4 is 19.9 Å². The second-order valence-corrected chi connectivity index (χ2v) is 8.10. The molecule has 1 saturated heterocycles. The number of aromatic amines is 1. The molecule has 2 rings (SSSR count). The molecule has 0 unspecified atom stereocenters. The first-order valence-electron chi connectivity index (χ1n) is 5.03. The van der Waals surface area contributed by atoms with E-state index in [9.17, 15) is 16.8 Å². The molecule has 0 saturated carbocycles. The Balaban J connectivity index is 2.24. The third-order valence-electron chi connectivity index (χ3n) is 2.60. The third-order valence-corrected chi connectivity index (χ3v) is 6.02. The standard InChI is InChI=1S/C8H13N3O4S2/c1-7-9-6-8(10-7)17(14,15)11-2-4-16(12,13)5-3-11/h6H,2-5H2,1H3,(H,9,10). The highest BCUT2D eigenvalue weighted by atomic mass is 32.2. The molecule has 1 fully saturated rings. The highest BCUT2D eigenvalue weighted by Gasteiger charge is 2.32. The monoisotopic (exact) mass is 279 g/mol. The van der Waals surface area contributed by atoms with Crippen molar-refractivity contribution in [1.29, 1.82) is 0 Å². The zero-order chi connectivity index (χ0) is 12.7. The van der Waals surface area contributed by atoms with E-state index < -0.39 is 19.9 Å². The Morgan fingerprint density at radius 1 is 1.35 bits per heavy atom. The van der Waals surface area contributed by atoms with Crippen LogP contribution in [0.3, 0.4) is 0 Å². The van der Waals surface area contributed by atoms with Gasteiger partial charge in [-0.05, 0) is 6.92 Å². The van der Waals surface area contributed by atoms with Crippen LogP contribution in [0.4, 0.5) is 0 Å². The molecule has 0 aromatic carbocycles. The van der Waals surface area contributed by atoms with Crippen molar-refractivity contribution < 1.29 is 16.8 Å². The minimum Gasteiger partial charge on any atom is -0.332 e. The van der Waals surface area contributed by atoms with E-state index in [2.05, 4.69) is 9.97 Å². The summed E-state index contributed by atoms with van der Waals surface area (Å²) in [5.41, 5.74) is 0. The number of sulfonamides is 1. The predicted molar refractivity (Wildman–Crippen MR) is 60.7 cm³/mol. The first-order valence-corrected chi connectivity index (χ1v) is 8.30. The quantitative estimate of drug-likeness (QED) is 0.759. The number of hydrogen-bond donors (Lipinski definition) is 1. The highest BCUT2D eigenvalue weighted by molar-refractivity contribution is 7.92. The van der Waals surface area contributed by atoms with E-state index in [0.717, 1.165) is 0 Å². The molecule has 1 aromatic heterocycles. The fourth-order valence-corrected chi connectivity index (χ4v) is 4.44. The third kappa shape index (κ3) is 2.50. The van der Waals surface area contributed by atoms with Gasteiger partial charge in [0.2, 0.25) is 0 Å². The van der Waals surface area contributed by atoms with Crippen LogP contribution < -0.4 is 0 Å². The summed E-state index contributed by atoms with van der Waals surface area (Å²) in [7, 11) is -6.73. The first-order chi connectivity index (χ1) is 7.81. The van der Waals surface area contributed by atoms with Gasteiger partial charge < -0.3 is 4.98 Å². The molecule has 0 aliphatic carbocycles. The van der Waals surface area contributed by atoms with Gasteiger partial charge in [0.05, 0.1) is 17.7 Å². The number of sulfone groups is 1. The minimum atomic E-state index is -3.64. The van der Waals surface area contributed by atoms with E-state index in [0.29, 0.717) is 5.82 Å². The number of aromatic nitrogens is 2. The Morgan fingerprint density at radius 3 is 2.41 bits per heavy atom. The molecule has 0 radical (unpaired) electrons. The number of aryl methyl sites for hydroxylation is 1. The van der Waals surface area contributed by atoms with Crippen molar-refractivity contribution in [2.24, 2.45) is 0 Å². The van der Waals surface area contributed by atoms with Crippen molar-refractivity contribution in [3.8, 4) is 0 Å². The van der Waals surface area contributed by atoms with Crippen LogP contribution in [0.5, 0.6) is 0 Å². The molecule has 0 bridgehead atoms. The average molecular weight is 279 g/mol. The molecule has 9 heteroatoms. The number of rotatable bonds is 2. The smallest absolute Gasteiger partial charge is 0.260 e. The van der Waals surface area contributed by atoms with Crippen molar-refractivity contribution in [3.05, 3.63) is 12.0 Å². The van der Waals surface area contributed by atoms with Crippen molar-refractivity contribution in [3.63, 3.8) is 0 Å². The summed E-state index contributed by atoms with van der Waals surface area (Å²) in [6.45, 7) is 1.66. The molecule has 1 aliphatic heterocycles. The Bertz CT molecular complexity index is 603. The van der Waals surface area contributed by atoms with Crippen LogP contribution in [0.25, 0.3) is 0 Å². The van der Waals surface area contributed by atoms with Gasteiger partial charge in [0.25, 0.3) is 10.0 Å². The normalized spacial score (nSPS) is 21.5. The maximum absolute atomic E-state index is 12.1. The number of H-pyrrole nitrogens is 1. The summed E-state index contributed by atoms with van der Waals surface area (Å²) in [6.07, 6.45) is 1.24. The summed E-state index contributed by atoms with van der Waals surface area (Å²) < 4.78 is 47.8. The molecular formula is C8H13N3O4S2. The predicted octanol–water partition coefficient (Wildman–Crippen LogP) is -0.863. The average Bonchev–Trinajstić information content (AvgIpc) is 2.65. The Kier molecular flexibility index (Phi) is 3.00. The van der Waals surface area contributed by atoms with Crippen molar-refractivity contribution in [1.82, 2.24) is 14.3 Å². The number of hydrogen-bond acceptors (Lipinski definition) is 5. The summed E-state index contributed by atoms with van der Waals surface area (Å²) in [5.74, 6) is 0.256. The zero-order valence-corrected chi connectivity index (χ0v) is 10.9. The molecule has 0 amide bonds. The molecule has 17 heavy (non-hydrogen) atoms. The molecule has 0 atom stereocenters. The number of imidazole rings is 1. The summed E-state index contributed by atoms with van der Waals surface area (Å²) in [5, 5.41) is 0.00861. The molecule has 1 aliphatic rings. The van der Waals surface area contributed by atoms with Gasteiger partial charge >= 0.3 is 0 Å². The zero-order valence-electron chi connectivity index (χ0n) is 9.25. The minimum absolute atomic E-state index is 0.00271. The molecule has 7 nitrogen and oxygen atoms in total. The van der Waals surface area contributed by atoms with Crippen LogP contribution in [0.2, 0.25) is 0 Å². The Labute approximate surface area is 99.8 Å². The lowest BCUT2D eigenvalue weighted by atomic mass is 10.6. The highest BCUT2D eigenvalue weighted by Crippen LogP contribution is 2.16. The molecule has 96 valence electrons. The van der Waals surface area contributed by atoms with E-state index in [-0.39, 0.29) is 29.6 Å². The van der Waals surface area contributed by atoms with E-state index >= 15 is 0 Å². The molecule has 2 heterocycles. The van der Waals surface area contributed by atoms with E-state index in [1.807, 2.05) is 0 Å². The van der Waals surface area contributed by atoms with Crippen LogP contribution in [-0.2, 0) is 19.9 Å². The van der Waals surface area contributed by atoms with Crippen LogP contribution in [0.1, 0.15) is 5.82 Å². The molecular weight excluding hydrogens is 266 g/mol. The van der Waals surface area contributed by atoms with Crippen LogP contribution in [0.15, 0.2) is 11.2 Å². The second kappa shape index (κ2) is 4.07. The number of nitrogens with one attached hydrogen (secondary N) is 1. The maximum atomic E-state index is 12.1. The van der Waals surface area contributed by atoms with Gasteiger partial charge in [0, 0.05) is 13.1 Å². The Hall–Kier alpha value is -0.930. The van der Waals surface area contributed by atoms with Gasteiger partial charge in [-0.1, -0.05) is 0 Å². The molecule has 1 N–H and O–H groups in total. The van der Waals surface area contributed by atoms with Crippen molar-refractivity contribution in [2.75, 3.05) is 24.6 Å². The molecule has 0 spiro atoms.